The molecule has 1 aliphatic carbocycles. The lowest BCUT2D eigenvalue weighted by Gasteiger charge is -2.46. The van der Waals surface area contributed by atoms with Crippen LogP contribution in [-0.2, 0) is 14.3 Å². The van der Waals surface area contributed by atoms with Crippen LogP contribution in [0.4, 0.5) is 0 Å². The summed E-state index contributed by atoms with van der Waals surface area (Å²) in [6.45, 7) is 1.88. The summed E-state index contributed by atoms with van der Waals surface area (Å²) >= 11 is 0. The first-order valence-corrected chi connectivity index (χ1v) is 4.59. The number of ether oxygens (including phenoxy) is 2. The molecule has 3 nitrogen and oxygen atoms in total. The molecule has 4 atom stereocenters. The summed E-state index contributed by atoms with van der Waals surface area (Å²) < 4.78 is 10.9. The third kappa shape index (κ3) is 0.678. The molecule has 5 fully saturated rings. The molecule has 4 bridgehead atoms. The van der Waals surface area contributed by atoms with E-state index in [2.05, 4.69) is 0 Å². The summed E-state index contributed by atoms with van der Waals surface area (Å²) in [5, 5.41) is 0. The second-order valence-electron chi connectivity index (χ2n) is 4.27. The highest BCUT2D eigenvalue weighted by atomic mass is 16.7. The van der Waals surface area contributed by atoms with Gasteiger partial charge < -0.3 is 9.47 Å². The van der Waals surface area contributed by atoms with E-state index >= 15 is 0 Å². The Morgan fingerprint density at radius 3 is 3.17 bits per heavy atom. The standard InChI is InChI=1S/C9H12O3/c1-9-3-2-5-4-6(11-9)7(5)8(10)12-9/h5-7H,2-4H2,1H3/t5?,6-,7+,9-/m0/s1. The van der Waals surface area contributed by atoms with Gasteiger partial charge in [0.15, 0.2) is 0 Å². The number of rotatable bonds is 0. The van der Waals surface area contributed by atoms with Crippen molar-refractivity contribution in [2.24, 2.45) is 11.8 Å². The predicted molar refractivity (Wildman–Crippen MR) is 40.2 cm³/mol. The normalized spacial score (nSPS) is 55.8. The van der Waals surface area contributed by atoms with Gasteiger partial charge in [-0.25, -0.2) is 0 Å². The van der Waals surface area contributed by atoms with Gasteiger partial charge in [0.25, 0.3) is 0 Å². The van der Waals surface area contributed by atoms with E-state index in [0.29, 0.717) is 5.92 Å². The van der Waals surface area contributed by atoms with E-state index in [0.717, 1.165) is 19.3 Å². The van der Waals surface area contributed by atoms with Gasteiger partial charge in [-0.15, -0.1) is 0 Å². The summed E-state index contributed by atoms with van der Waals surface area (Å²) in [4.78, 5) is 11.4. The first kappa shape index (κ1) is 6.89. The van der Waals surface area contributed by atoms with Gasteiger partial charge in [0, 0.05) is 13.3 Å². The summed E-state index contributed by atoms with van der Waals surface area (Å²) in [5.41, 5.74) is 0. The first-order valence-electron chi connectivity index (χ1n) is 4.59. The third-order valence-electron chi connectivity index (χ3n) is 3.40. The minimum Gasteiger partial charge on any atom is -0.433 e. The smallest absolute Gasteiger partial charge is 0.314 e. The number of carbonyl (C=O) groups excluding carboxylic acids is 1. The van der Waals surface area contributed by atoms with Crippen molar-refractivity contribution in [2.45, 2.75) is 38.1 Å². The SMILES string of the molecule is C[C@]12CCC3C[C@H](O1)[C@@H]3C(=O)O2. The maximum atomic E-state index is 11.4. The Hall–Kier alpha value is -0.570. The molecule has 4 saturated heterocycles. The van der Waals surface area contributed by atoms with Crippen LogP contribution in [0.15, 0.2) is 0 Å². The molecular formula is C9H12O3. The van der Waals surface area contributed by atoms with E-state index in [1.807, 2.05) is 6.92 Å². The molecule has 4 heterocycles. The highest BCUT2D eigenvalue weighted by molar-refractivity contribution is 5.76. The van der Waals surface area contributed by atoms with Crippen LogP contribution in [0.1, 0.15) is 26.2 Å². The molecule has 0 amide bonds. The molecule has 12 heavy (non-hydrogen) atoms. The molecule has 5 rings (SSSR count). The van der Waals surface area contributed by atoms with Gasteiger partial charge in [0.1, 0.15) is 0 Å². The van der Waals surface area contributed by atoms with Crippen molar-refractivity contribution >= 4 is 5.97 Å². The predicted octanol–water partition coefficient (Wildman–Crippen LogP) is 1.07. The van der Waals surface area contributed by atoms with E-state index in [1.165, 1.54) is 0 Å². The van der Waals surface area contributed by atoms with Crippen molar-refractivity contribution in [3.05, 3.63) is 0 Å². The van der Waals surface area contributed by atoms with Gasteiger partial charge in [-0.3, -0.25) is 4.79 Å². The van der Waals surface area contributed by atoms with Crippen molar-refractivity contribution in [3.63, 3.8) is 0 Å². The minimum atomic E-state index is -0.594. The molecule has 66 valence electrons. The minimum absolute atomic E-state index is 0.0255. The largest absolute Gasteiger partial charge is 0.433 e. The topological polar surface area (TPSA) is 35.5 Å². The van der Waals surface area contributed by atoms with Crippen LogP contribution >= 0.6 is 0 Å². The Labute approximate surface area is 71.0 Å². The van der Waals surface area contributed by atoms with E-state index in [9.17, 15) is 4.79 Å². The average Bonchev–Trinajstić information content (AvgIpc) is 2.16. The van der Waals surface area contributed by atoms with Crippen LogP contribution < -0.4 is 0 Å². The molecule has 0 aromatic rings. The lowest BCUT2D eigenvalue weighted by molar-refractivity contribution is -0.290. The fourth-order valence-corrected chi connectivity index (χ4v) is 2.65. The zero-order valence-corrected chi connectivity index (χ0v) is 7.08. The van der Waals surface area contributed by atoms with Gasteiger partial charge >= 0.3 is 5.97 Å². The lowest BCUT2D eigenvalue weighted by atomic mass is 9.70. The molecule has 0 aromatic carbocycles. The van der Waals surface area contributed by atoms with E-state index in [-0.39, 0.29) is 18.0 Å². The van der Waals surface area contributed by atoms with Crippen molar-refractivity contribution in [2.75, 3.05) is 0 Å². The maximum absolute atomic E-state index is 11.4. The van der Waals surface area contributed by atoms with Gasteiger partial charge in [0.2, 0.25) is 5.79 Å². The fraction of sp³-hybridized carbons (Fsp3) is 0.889. The molecule has 0 radical (unpaired) electrons. The molecule has 3 heteroatoms. The zero-order valence-electron chi connectivity index (χ0n) is 7.08. The quantitative estimate of drug-likeness (QED) is 0.507. The number of hydrogen-bond acceptors (Lipinski definition) is 3. The molecule has 1 saturated carbocycles. The number of carbonyl (C=O) groups is 1. The third-order valence-corrected chi connectivity index (χ3v) is 3.40. The number of hydrogen-bond donors (Lipinski definition) is 0. The van der Waals surface area contributed by atoms with Crippen LogP contribution in [0.5, 0.6) is 0 Å². The van der Waals surface area contributed by atoms with Crippen LogP contribution in [0.2, 0.25) is 0 Å². The summed E-state index contributed by atoms with van der Waals surface area (Å²) in [6.07, 6.45) is 3.19. The fourth-order valence-electron chi connectivity index (χ4n) is 2.65. The van der Waals surface area contributed by atoms with Crippen LogP contribution in [0.25, 0.3) is 0 Å². The number of esters is 1. The lowest BCUT2D eigenvalue weighted by Crippen LogP contribution is -2.55. The zero-order chi connectivity index (χ0) is 8.34. The van der Waals surface area contributed by atoms with E-state index in [4.69, 9.17) is 9.47 Å². The maximum Gasteiger partial charge on any atom is 0.314 e. The van der Waals surface area contributed by atoms with Gasteiger partial charge in [-0.05, 0) is 18.8 Å². The monoisotopic (exact) mass is 168 g/mol. The van der Waals surface area contributed by atoms with Crippen LogP contribution in [0.3, 0.4) is 0 Å². The average molecular weight is 168 g/mol. The van der Waals surface area contributed by atoms with Crippen molar-refractivity contribution < 1.29 is 14.3 Å². The molecule has 4 aliphatic heterocycles. The molecular weight excluding hydrogens is 156 g/mol. The Morgan fingerprint density at radius 2 is 2.42 bits per heavy atom. The second-order valence-corrected chi connectivity index (χ2v) is 4.27. The van der Waals surface area contributed by atoms with E-state index < -0.39 is 5.79 Å². The Bertz CT molecular complexity index is 250. The van der Waals surface area contributed by atoms with Gasteiger partial charge in [0.05, 0.1) is 12.0 Å². The molecule has 1 unspecified atom stereocenters. The first-order chi connectivity index (χ1) is 5.68. The number of fused-ring (bicyclic) bond motifs is 1. The Balaban J connectivity index is 2.01. The second kappa shape index (κ2) is 1.84. The summed E-state index contributed by atoms with van der Waals surface area (Å²) in [7, 11) is 0. The van der Waals surface area contributed by atoms with Crippen molar-refractivity contribution in [1.82, 2.24) is 0 Å². The van der Waals surface area contributed by atoms with Crippen molar-refractivity contribution in [3.8, 4) is 0 Å². The summed E-state index contributed by atoms with van der Waals surface area (Å²) in [5.74, 6) is -0.00125. The highest BCUT2D eigenvalue weighted by Crippen LogP contribution is 2.51. The molecule has 0 aromatic heterocycles. The Kier molecular flexibility index (Phi) is 1.06. The van der Waals surface area contributed by atoms with Gasteiger partial charge in [-0.2, -0.15) is 0 Å². The molecule has 0 spiro atoms. The molecule has 5 aliphatic rings. The van der Waals surface area contributed by atoms with E-state index in [1.54, 1.807) is 0 Å². The van der Waals surface area contributed by atoms with Crippen LogP contribution in [-0.4, -0.2) is 17.9 Å². The van der Waals surface area contributed by atoms with Crippen molar-refractivity contribution in [1.29, 1.82) is 0 Å². The van der Waals surface area contributed by atoms with Crippen LogP contribution in [0, 0.1) is 11.8 Å². The molecule has 0 N–H and O–H groups in total. The Morgan fingerprint density at radius 1 is 1.58 bits per heavy atom. The summed E-state index contributed by atoms with van der Waals surface area (Å²) in [6, 6.07) is 0. The van der Waals surface area contributed by atoms with Gasteiger partial charge in [-0.1, -0.05) is 0 Å². The highest BCUT2D eigenvalue weighted by Gasteiger charge is 2.58.